The van der Waals surface area contributed by atoms with E-state index in [-0.39, 0.29) is 0 Å². The lowest BCUT2D eigenvalue weighted by Crippen LogP contribution is -1.78. The molecule has 2 heteroatoms. The number of benzene rings is 3. The van der Waals surface area contributed by atoms with Crippen LogP contribution >= 0.6 is 11.6 Å². The SMILES string of the molecule is Clc1cccc2cc(-c3ccc4ccccc4c3)[nH]c12. The standard InChI is InChI=1S/C18H12ClN/c19-16-7-3-6-15-11-17(20-18(15)16)14-9-8-12-4-1-2-5-13(12)10-14/h1-11,20H. The fourth-order valence-electron chi connectivity index (χ4n) is 2.63. The van der Waals surface area contributed by atoms with Crippen molar-refractivity contribution < 1.29 is 0 Å². The maximum atomic E-state index is 6.22. The molecule has 0 aliphatic carbocycles. The molecule has 1 N–H and O–H groups in total. The normalized spacial score (nSPS) is 11.2. The molecule has 0 aliphatic rings. The van der Waals surface area contributed by atoms with Crippen molar-refractivity contribution in [1.29, 1.82) is 0 Å². The molecule has 4 rings (SSSR count). The van der Waals surface area contributed by atoms with Gasteiger partial charge in [0, 0.05) is 11.1 Å². The summed E-state index contributed by atoms with van der Waals surface area (Å²) >= 11 is 6.22. The van der Waals surface area contributed by atoms with Crippen LogP contribution in [0.2, 0.25) is 5.02 Å². The Kier molecular flexibility index (Phi) is 2.54. The van der Waals surface area contributed by atoms with Gasteiger partial charge in [0.05, 0.1) is 10.5 Å². The van der Waals surface area contributed by atoms with Gasteiger partial charge in [0.2, 0.25) is 0 Å². The van der Waals surface area contributed by atoms with Crippen molar-refractivity contribution in [3.8, 4) is 11.3 Å². The Bertz CT molecular complexity index is 921. The van der Waals surface area contributed by atoms with Crippen LogP contribution in [0.25, 0.3) is 32.9 Å². The number of halogens is 1. The summed E-state index contributed by atoms with van der Waals surface area (Å²) in [6, 6.07) is 23.0. The van der Waals surface area contributed by atoms with Crippen LogP contribution in [-0.2, 0) is 0 Å². The first-order valence-electron chi connectivity index (χ1n) is 6.58. The van der Waals surface area contributed by atoms with Crippen LogP contribution in [0.4, 0.5) is 0 Å². The lowest BCUT2D eigenvalue weighted by Gasteiger charge is -2.01. The highest BCUT2D eigenvalue weighted by Crippen LogP contribution is 2.30. The molecule has 1 heterocycles. The molecule has 96 valence electrons. The average molecular weight is 278 g/mol. The summed E-state index contributed by atoms with van der Waals surface area (Å²) in [6.07, 6.45) is 0. The van der Waals surface area contributed by atoms with Crippen LogP contribution in [0.5, 0.6) is 0 Å². The Hall–Kier alpha value is -2.25. The number of hydrogen-bond donors (Lipinski definition) is 1. The van der Waals surface area contributed by atoms with Crippen molar-refractivity contribution in [3.63, 3.8) is 0 Å². The molecule has 0 aliphatic heterocycles. The molecule has 0 saturated carbocycles. The Morgan fingerprint density at radius 2 is 1.50 bits per heavy atom. The number of H-pyrrole nitrogens is 1. The van der Waals surface area contributed by atoms with Gasteiger partial charge in [0.15, 0.2) is 0 Å². The fraction of sp³-hybridized carbons (Fsp3) is 0. The lowest BCUT2D eigenvalue weighted by atomic mass is 10.1. The minimum absolute atomic E-state index is 0.759. The number of nitrogens with one attached hydrogen (secondary N) is 1. The number of fused-ring (bicyclic) bond motifs is 2. The van der Waals surface area contributed by atoms with Gasteiger partial charge in [-0.05, 0) is 34.5 Å². The van der Waals surface area contributed by atoms with Crippen LogP contribution in [0.3, 0.4) is 0 Å². The molecule has 4 aromatic rings. The summed E-state index contributed by atoms with van der Waals surface area (Å²) < 4.78 is 0. The molecule has 20 heavy (non-hydrogen) atoms. The van der Waals surface area contributed by atoms with E-state index in [0.717, 1.165) is 21.6 Å². The topological polar surface area (TPSA) is 15.8 Å². The van der Waals surface area contributed by atoms with Crippen molar-refractivity contribution in [3.05, 3.63) is 71.8 Å². The molecule has 0 bridgehead atoms. The molecule has 0 amide bonds. The highest BCUT2D eigenvalue weighted by Gasteiger charge is 2.06. The smallest absolute Gasteiger partial charge is 0.0648 e. The van der Waals surface area contributed by atoms with Gasteiger partial charge in [-0.3, -0.25) is 0 Å². The first-order chi connectivity index (χ1) is 9.81. The Labute approximate surface area is 121 Å². The van der Waals surface area contributed by atoms with Crippen molar-refractivity contribution in [2.75, 3.05) is 0 Å². The highest BCUT2D eigenvalue weighted by molar-refractivity contribution is 6.35. The maximum absolute atomic E-state index is 6.22. The summed E-state index contributed by atoms with van der Waals surface area (Å²) in [4.78, 5) is 3.41. The molecule has 0 unspecified atom stereocenters. The zero-order valence-electron chi connectivity index (χ0n) is 10.7. The van der Waals surface area contributed by atoms with Gasteiger partial charge in [-0.2, -0.15) is 0 Å². The van der Waals surface area contributed by atoms with Crippen molar-refractivity contribution in [2.45, 2.75) is 0 Å². The van der Waals surface area contributed by atoms with E-state index in [9.17, 15) is 0 Å². The molecule has 1 nitrogen and oxygen atoms in total. The second-order valence-corrected chi connectivity index (χ2v) is 5.36. The van der Waals surface area contributed by atoms with Gasteiger partial charge < -0.3 is 4.98 Å². The van der Waals surface area contributed by atoms with Crippen molar-refractivity contribution >= 4 is 33.3 Å². The molecule has 3 aromatic carbocycles. The van der Waals surface area contributed by atoms with Crippen molar-refractivity contribution in [1.82, 2.24) is 4.98 Å². The van der Waals surface area contributed by atoms with Crippen LogP contribution in [0.1, 0.15) is 0 Å². The van der Waals surface area contributed by atoms with E-state index in [4.69, 9.17) is 11.6 Å². The quantitative estimate of drug-likeness (QED) is 0.463. The van der Waals surface area contributed by atoms with E-state index in [1.807, 2.05) is 12.1 Å². The maximum Gasteiger partial charge on any atom is 0.0648 e. The summed E-state index contributed by atoms with van der Waals surface area (Å²) in [5, 5.41) is 4.40. The Balaban J connectivity index is 1.94. The molecular weight excluding hydrogens is 266 g/mol. The summed E-state index contributed by atoms with van der Waals surface area (Å²) in [5.41, 5.74) is 3.27. The number of hydrogen-bond acceptors (Lipinski definition) is 0. The first-order valence-corrected chi connectivity index (χ1v) is 6.95. The predicted molar refractivity (Wildman–Crippen MR) is 86.3 cm³/mol. The van der Waals surface area contributed by atoms with Gasteiger partial charge in [0.1, 0.15) is 0 Å². The second kappa shape index (κ2) is 4.39. The van der Waals surface area contributed by atoms with Gasteiger partial charge in [-0.15, -0.1) is 0 Å². The monoisotopic (exact) mass is 277 g/mol. The van der Waals surface area contributed by atoms with Crippen LogP contribution in [0, 0.1) is 0 Å². The summed E-state index contributed by atoms with van der Waals surface area (Å²) in [6.45, 7) is 0. The molecule has 0 spiro atoms. The molecule has 0 radical (unpaired) electrons. The van der Waals surface area contributed by atoms with E-state index in [1.165, 1.54) is 16.3 Å². The largest absolute Gasteiger partial charge is 0.353 e. The van der Waals surface area contributed by atoms with Gasteiger partial charge >= 0.3 is 0 Å². The number of rotatable bonds is 1. The van der Waals surface area contributed by atoms with Gasteiger partial charge in [-0.1, -0.05) is 60.1 Å². The Morgan fingerprint density at radius 3 is 2.35 bits per heavy atom. The van der Waals surface area contributed by atoms with Crippen molar-refractivity contribution in [2.24, 2.45) is 0 Å². The van der Waals surface area contributed by atoms with Crippen LogP contribution < -0.4 is 0 Å². The number of aromatic nitrogens is 1. The first kappa shape index (κ1) is 11.6. The third-order valence-electron chi connectivity index (χ3n) is 3.67. The Morgan fingerprint density at radius 1 is 0.700 bits per heavy atom. The third-order valence-corrected chi connectivity index (χ3v) is 3.98. The van der Waals surface area contributed by atoms with E-state index >= 15 is 0 Å². The molecule has 0 atom stereocenters. The predicted octanol–water partition coefficient (Wildman–Crippen LogP) is 5.64. The highest BCUT2D eigenvalue weighted by atomic mass is 35.5. The van der Waals surface area contributed by atoms with Crippen LogP contribution in [0.15, 0.2) is 66.7 Å². The molecule has 0 saturated heterocycles. The minimum atomic E-state index is 0.759. The molecule has 1 aromatic heterocycles. The fourth-order valence-corrected chi connectivity index (χ4v) is 2.86. The minimum Gasteiger partial charge on any atom is -0.353 e. The van der Waals surface area contributed by atoms with E-state index in [0.29, 0.717) is 0 Å². The zero-order chi connectivity index (χ0) is 13.5. The van der Waals surface area contributed by atoms with E-state index in [2.05, 4.69) is 59.6 Å². The summed E-state index contributed by atoms with van der Waals surface area (Å²) in [5.74, 6) is 0. The molecular formula is C18H12ClN. The van der Waals surface area contributed by atoms with E-state index < -0.39 is 0 Å². The zero-order valence-corrected chi connectivity index (χ0v) is 11.5. The number of aromatic amines is 1. The summed E-state index contributed by atoms with van der Waals surface area (Å²) in [7, 11) is 0. The lowest BCUT2D eigenvalue weighted by molar-refractivity contribution is 1.46. The van der Waals surface area contributed by atoms with Gasteiger partial charge in [0.25, 0.3) is 0 Å². The third kappa shape index (κ3) is 1.79. The molecule has 0 fully saturated rings. The van der Waals surface area contributed by atoms with Crippen LogP contribution in [-0.4, -0.2) is 4.98 Å². The van der Waals surface area contributed by atoms with E-state index in [1.54, 1.807) is 0 Å². The second-order valence-electron chi connectivity index (χ2n) is 4.95. The number of para-hydroxylation sites is 1. The van der Waals surface area contributed by atoms with Gasteiger partial charge in [-0.25, -0.2) is 0 Å². The average Bonchev–Trinajstić information content (AvgIpc) is 2.92.